The fraction of sp³-hybridized carbons (Fsp3) is 0.909. The third-order valence-electron chi connectivity index (χ3n) is 4.28. The first-order valence-corrected chi connectivity index (χ1v) is 11.0. The summed E-state index contributed by atoms with van der Waals surface area (Å²) in [7, 11) is 1.61. The number of nitrogens with one attached hydrogen (secondary N) is 1. The smallest absolute Gasteiger partial charge is 0.222 e. The van der Waals surface area contributed by atoms with E-state index in [4.69, 9.17) is 14.2 Å². The lowest BCUT2D eigenvalue weighted by Gasteiger charge is -2.21. The minimum Gasteiger partial charge on any atom is -0.379 e. The van der Waals surface area contributed by atoms with Gasteiger partial charge in [0.1, 0.15) is 5.78 Å². The fourth-order valence-electron chi connectivity index (χ4n) is 2.73. The van der Waals surface area contributed by atoms with Crippen molar-refractivity contribution in [1.29, 1.82) is 0 Å². The Morgan fingerprint density at radius 2 is 1.43 bits per heavy atom. The molecule has 1 N–H and O–H groups in total. The molecule has 6 nitrogen and oxygen atoms in total. The Morgan fingerprint density at radius 1 is 0.929 bits per heavy atom. The van der Waals surface area contributed by atoms with Crippen molar-refractivity contribution < 1.29 is 25.2 Å². The standard InChI is InChI=1S/C10H21NO4.C10H18O.C2H6.H2/c1-3-13-6-7-15-9-8-14-5-4-10(12)11-2;1-8(2)10(11)9-6-4-3-5-7-9;1-2;/h3-9H2,1-2H3,(H,11,12);8-9H,3-7H2,1-2H3;1-2H3;1H. The van der Waals surface area contributed by atoms with Crippen LogP contribution in [0.3, 0.4) is 0 Å². The van der Waals surface area contributed by atoms with E-state index in [0.717, 1.165) is 12.8 Å². The van der Waals surface area contributed by atoms with Crippen LogP contribution in [0.25, 0.3) is 0 Å². The van der Waals surface area contributed by atoms with Gasteiger partial charge in [-0.3, -0.25) is 9.59 Å². The summed E-state index contributed by atoms with van der Waals surface area (Å²) in [4.78, 5) is 22.3. The van der Waals surface area contributed by atoms with Gasteiger partial charge < -0.3 is 19.5 Å². The van der Waals surface area contributed by atoms with Crippen LogP contribution >= 0.6 is 0 Å². The second-order valence-corrected chi connectivity index (χ2v) is 6.74. The minimum absolute atomic E-state index is 0. The molecule has 0 heterocycles. The number of Topliss-reactive ketones (excluding diaryl/α,β-unsaturated/α-hetero) is 1. The summed E-state index contributed by atoms with van der Waals surface area (Å²) < 4.78 is 15.5. The molecule has 0 spiro atoms. The fourth-order valence-corrected chi connectivity index (χ4v) is 2.73. The Kier molecular flexibility index (Phi) is 23.3. The zero-order chi connectivity index (χ0) is 21.6. The lowest BCUT2D eigenvalue weighted by atomic mass is 9.83. The molecule has 6 heteroatoms. The van der Waals surface area contributed by atoms with E-state index in [1.165, 1.54) is 19.3 Å². The highest BCUT2D eigenvalue weighted by molar-refractivity contribution is 5.82. The van der Waals surface area contributed by atoms with Gasteiger partial charge in [-0.25, -0.2) is 0 Å². The van der Waals surface area contributed by atoms with Gasteiger partial charge in [-0.15, -0.1) is 0 Å². The molecule has 0 bridgehead atoms. The molecule has 170 valence electrons. The summed E-state index contributed by atoms with van der Waals surface area (Å²) >= 11 is 0. The van der Waals surface area contributed by atoms with E-state index in [2.05, 4.69) is 5.32 Å². The number of rotatable bonds is 12. The van der Waals surface area contributed by atoms with Crippen LogP contribution in [-0.2, 0) is 23.8 Å². The Bertz CT molecular complexity index is 361. The summed E-state index contributed by atoms with van der Waals surface area (Å²) in [5.74, 6) is 1.14. The second-order valence-electron chi connectivity index (χ2n) is 6.74. The van der Waals surface area contributed by atoms with E-state index in [1.54, 1.807) is 7.05 Å². The van der Waals surface area contributed by atoms with Crippen molar-refractivity contribution in [3.63, 3.8) is 0 Å². The molecule has 1 rings (SSSR count). The average Bonchev–Trinajstić information content (AvgIpc) is 2.74. The molecule has 0 aromatic rings. The highest BCUT2D eigenvalue weighted by Crippen LogP contribution is 2.26. The van der Waals surface area contributed by atoms with Crippen molar-refractivity contribution >= 4 is 11.7 Å². The number of carbonyl (C=O) groups is 2. The summed E-state index contributed by atoms with van der Waals surface area (Å²) in [6.45, 7) is 13.4. The van der Waals surface area contributed by atoms with Crippen molar-refractivity contribution in [3.05, 3.63) is 0 Å². The van der Waals surface area contributed by atoms with Crippen molar-refractivity contribution in [1.82, 2.24) is 5.32 Å². The molecule has 1 aliphatic rings. The Balaban J connectivity index is -0.000000429. The highest BCUT2D eigenvalue weighted by Gasteiger charge is 2.22. The van der Waals surface area contributed by atoms with E-state index >= 15 is 0 Å². The highest BCUT2D eigenvalue weighted by atomic mass is 16.5. The van der Waals surface area contributed by atoms with Gasteiger partial charge in [0.25, 0.3) is 0 Å². The molecule has 1 aliphatic carbocycles. The molecule has 0 aliphatic heterocycles. The van der Waals surface area contributed by atoms with Crippen LogP contribution in [0.5, 0.6) is 0 Å². The molecule has 1 fully saturated rings. The number of hydrogen-bond acceptors (Lipinski definition) is 5. The van der Waals surface area contributed by atoms with Crippen LogP contribution < -0.4 is 5.32 Å². The second kappa shape index (κ2) is 22.3. The van der Waals surface area contributed by atoms with Gasteiger partial charge in [0.15, 0.2) is 0 Å². The van der Waals surface area contributed by atoms with Crippen LogP contribution in [0, 0.1) is 11.8 Å². The first kappa shape index (κ1) is 29.2. The van der Waals surface area contributed by atoms with Gasteiger partial charge in [-0.2, -0.15) is 0 Å². The topological polar surface area (TPSA) is 73.9 Å². The van der Waals surface area contributed by atoms with Gasteiger partial charge >= 0.3 is 0 Å². The van der Waals surface area contributed by atoms with Crippen molar-refractivity contribution in [2.75, 3.05) is 46.7 Å². The van der Waals surface area contributed by atoms with Gasteiger partial charge in [-0.05, 0) is 19.8 Å². The van der Waals surface area contributed by atoms with Gasteiger partial charge in [-0.1, -0.05) is 47.0 Å². The zero-order valence-corrected chi connectivity index (χ0v) is 19.2. The lowest BCUT2D eigenvalue weighted by Crippen LogP contribution is -2.21. The quantitative estimate of drug-likeness (QED) is 0.491. The first-order valence-electron chi connectivity index (χ1n) is 11.0. The average molecular weight is 406 g/mol. The maximum absolute atomic E-state index is 11.5. The summed E-state index contributed by atoms with van der Waals surface area (Å²) in [5, 5.41) is 2.52. The zero-order valence-electron chi connectivity index (χ0n) is 19.2. The van der Waals surface area contributed by atoms with Crippen molar-refractivity contribution in [2.24, 2.45) is 11.8 Å². The summed E-state index contributed by atoms with van der Waals surface area (Å²) in [5.41, 5.74) is 0. The molecule has 0 aromatic heterocycles. The normalized spacial score (nSPS) is 13.8. The molecule has 0 aromatic carbocycles. The monoisotopic (exact) mass is 405 g/mol. The largest absolute Gasteiger partial charge is 0.379 e. The third kappa shape index (κ3) is 18.4. The van der Waals surface area contributed by atoms with Crippen LogP contribution in [-0.4, -0.2) is 58.4 Å². The van der Waals surface area contributed by atoms with E-state index in [9.17, 15) is 9.59 Å². The van der Waals surface area contributed by atoms with Crippen LogP contribution in [0.15, 0.2) is 0 Å². The minimum atomic E-state index is -0.00716. The van der Waals surface area contributed by atoms with Gasteiger partial charge in [0, 0.05) is 33.3 Å². The van der Waals surface area contributed by atoms with E-state index in [0.29, 0.717) is 57.8 Å². The first-order chi connectivity index (χ1) is 13.5. The predicted octanol–water partition coefficient (Wildman–Crippen LogP) is 4.26. The number of hydrogen-bond donors (Lipinski definition) is 1. The predicted molar refractivity (Wildman–Crippen MR) is 117 cm³/mol. The maximum atomic E-state index is 11.5. The Labute approximate surface area is 174 Å². The molecule has 0 unspecified atom stereocenters. The Hall–Kier alpha value is -0.980. The molecule has 1 amide bonds. The number of amides is 1. The van der Waals surface area contributed by atoms with Crippen LogP contribution in [0.1, 0.15) is 74.6 Å². The molecule has 1 saturated carbocycles. The van der Waals surface area contributed by atoms with Crippen molar-refractivity contribution in [3.8, 4) is 0 Å². The van der Waals surface area contributed by atoms with E-state index in [-0.39, 0.29) is 13.3 Å². The SMILES string of the molecule is CC.CC(C)C(=O)C1CCCCC1.CCOCCOCCOCCC(=O)NC.[HH]. The third-order valence-corrected chi connectivity index (χ3v) is 4.28. The van der Waals surface area contributed by atoms with Gasteiger partial charge in [0.2, 0.25) is 5.91 Å². The maximum Gasteiger partial charge on any atom is 0.222 e. The molecule has 0 radical (unpaired) electrons. The lowest BCUT2D eigenvalue weighted by molar-refractivity contribution is -0.126. The summed E-state index contributed by atoms with van der Waals surface area (Å²) in [6.07, 6.45) is 6.57. The Morgan fingerprint density at radius 3 is 1.89 bits per heavy atom. The van der Waals surface area contributed by atoms with Gasteiger partial charge in [0.05, 0.1) is 33.0 Å². The summed E-state index contributed by atoms with van der Waals surface area (Å²) in [6, 6.07) is 0. The number of ketones is 1. The number of carbonyl (C=O) groups excluding carboxylic acids is 2. The molecule has 0 saturated heterocycles. The van der Waals surface area contributed by atoms with E-state index in [1.807, 2.05) is 34.6 Å². The van der Waals surface area contributed by atoms with Crippen molar-refractivity contribution in [2.45, 2.75) is 73.1 Å². The number of ether oxygens (including phenoxy) is 3. The van der Waals surface area contributed by atoms with Crippen LogP contribution in [0.4, 0.5) is 0 Å². The van der Waals surface area contributed by atoms with E-state index < -0.39 is 0 Å². The molecule has 28 heavy (non-hydrogen) atoms. The molecular weight excluding hydrogens is 358 g/mol. The molecule has 0 atom stereocenters. The van der Waals surface area contributed by atoms with Crippen LogP contribution in [0.2, 0.25) is 0 Å². The molecular formula is C22H47NO5.